The maximum atomic E-state index is 4.20. The Morgan fingerprint density at radius 2 is 2.27 bits per heavy atom. The fourth-order valence-electron chi connectivity index (χ4n) is 1.64. The first-order valence-electron chi connectivity index (χ1n) is 4.12. The average Bonchev–Trinajstić information content (AvgIpc) is 2.61. The highest BCUT2D eigenvalue weighted by atomic mass is 15.2. The highest BCUT2D eigenvalue weighted by molar-refractivity contribution is 5.17. The zero-order valence-corrected chi connectivity index (χ0v) is 6.96. The Labute approximate surface area is 66.2 Å². The molecule has 1 aliphatic carbocycles. The predicted molar refractivity (Wildman–Crippen MR) is 42.1 cm³/mol. The molecule has 1 aliphatic rings. The summed E-state index contributed by atoms with van der Waals surface area (Å²) in [5.41, 5.74) is 0.319. The minimum Gasteiger partial charge on any atom is -0.266 e. The van der Waals surface area contributed by atoms with E-state index in [0.717, 1.165) is 5.82 Å². The molecule has 1 aromatic rings. The molecule has 0 aromatic carbocycles. The van der Waals surface area contributed by atoms with E-state index in [1.807, 2.05) is 0 Å². The first-order chi connectivity index (χ1) is 5.26. The van der Waals surface area contributed by atoms with Gasteiger partial charge in [0.1, 0.15) is 6.33 Å². The molecule has 0 aliphatic heterocycles. The minimum absolute atomic E-state index is 0.319. The van der Waals surface area contributed by atoms with E-state index in [9.17, 15) is 0 Å². The van der Waals surface area contributed by atoms with Gasteiger partial charge in [-0.15, -0.1) is 0 Å². The van der Waals surface area contributed by atoms with Gasteiger partial charge in [-0.1, -0.05) is 13.8 Å². The van der Waals surface area contributed by atoms with Gasteiger partial charge in [-0.2, -0.15) is 5.10 Å². The van der Waals surface area contributed by atoms with Crippen molar-refractivity contribution in [2.24, 2.45) is 5.92 Å². The maximum absolute atomic E-state index is 4.20. The molecule has 1 fully saturated rings. The van der Waals surface area contributed by atoms with Crippen LogP contribution < -0.4 is 0 Å². The molecule has 0 atom stereocenters. The van der Waals surface area contributed by atoms with Crippen LogP contribution >= 0.6 is 0 Å². The molecule has 2 rings (SSSR count). The van der Waals surface area contributed by atoms with Crippen LogP contribution in [-0.2, 0) is 5.41 Å². The third kappa shape index (κ3) is 0.870. The van der Waals surface area contributed by atoms with Gasteiger partial charge >= 0.3 is 0 Å². The van der Waals surface area contributed by atoms with E-state index in [1.165, 1.54) is 12.8 Å². The second-order valence-electron chi connectivity index (χ2n) is 3.63. The van der Waals surface area contributed by atoms with Gasteiger partial charge in [0.15, 0.2) is 5.82 Å². The Bertz CT molecular complexity index is 234. The van der Waals surface area contributed by atoms with Crippen LogP contribution in [0, 0.1) is 5.92 Å². The first kappa shape index (κ1) is 6.83. The maximum Gasteiger partial charge on any atom is 0.156 e. The van der Waals surface area contributed by atoms with Crippen molar-refractivity contribution in [2.75, 3.05) is 0 Å². The molecule has 3 heteroatoms. The molecular weight excluding hydrogens is 138 g/mol. The molecule has 0 unspecified atom stereocenters. The molecule has 0 saturated heterocycles. The Balaban J connectivity index is 2.29. The highest BCUT2D eigenvalue weighted by Crippen LogP contribution is 2.52. The zero-order valence-electron chi connectivity index (χ0n) is 6.96. The molecular formula is C8H13N3. The van der Waals surface area contributed by atoms with Gasteiger partial charge in [-0.25, -0.2) is 4.98 Å². The van der Waals surface area contributed by atoms with Crippen molar-refractivity contribution in [3.05, 3.63) is 12.2 Å². The molecule has 1 saturated carbocycles. The largest absolute Gasteiger partial charge is 0.266 e. The lowest BCUT2D eigenvalue weighted by Gasteiger charge is -2.14. The van der Waals surface area contributed by atoms with Crippen molar-refractivity contribution in [1.29, 1.82) is 0 Å². The predicted octanol–water partition coefficient (Wildman–Crippen LogP) is 1.49. The van der Waals surface area contributed by atoms with Crippen molar-refractivity contribution in [3.8, 4) is 0 Å². The molecule has 11 heavy (non-hydrogen) atoms. The van der Waals surface area contributed by atoms with Crippen LogP contribution in [-0.4, -0.2) is 15.2 Å². The Kier molecular flexibility index (Phi) is 1.28. The molecule has 0 amide bonds. The molecule has 1 N–H and O–H groups in total. The number of aromatic nitrogens is 3. The van der Waals surface area contributed by atoms with E-state index < -0.39 is 0 Å². The van der Waals surface area contributed by atoms with E-state index >= 15 is 0 Å². The van der Waals surface area contributed by atoms with Gasteiger partial charge in [0, 0.05) is 5.41 Å². The van der Waals surface area contributed by atoms with E-state index in [4.69, 9.17) is 0 Å². The van der Waals surface area contributed by atoms with Crippen LogP contribution in [0.25, 0.3) is 0 Å². The van der Waals surface area contributed by atoms with E-state index in [0.29, 0.717) is 11.3 Å². The molecule has 3 nitrogen and oxygen atoms in total. The van der Waals surface area contributed by atoms with Crippen LogP contribution in [0.15, 0.2) is 6.33 Å². The summed E-state index contributed by atoms with van der Waals surface area (Å²) in [5.74, 6) is 1.67. The SMILES string of the molecule is CC(C)C1(c2nc[nH]n2)CC1. The summed E-state index contributed by atoms with van der Waals surface area (Å²) in [7, 11) is 0. The van der Waals surface area contributed by atoms with Gasteiger partial charge < -0.3 is 0 Å². The second-order valence-corrected chi connectivity index (χ2v) is 3.63. The first-order valence-corrected chi connectivity index (χ1v) is 4.12. The van der Waals surface area contributed by atoms with Crippen molar-refractivity contribution < 1.29 is 0 Å². The summed E-state index contributed by atoms with van der Waals surface area (Å²) < 4.78 is 0. The lowest BCUT2D eigenvalue weighted by atomic mass is 9.92. The lowest BCUT2D eigenvalue weighted by Crippen LogP contribution is -2.16. The Hall–Kier alpha value is -0.860. The van der Waals surface area contributed by atoms with Gasteiger partial charge in [0.05, 0.1) is 0 Å². The molecule has 0 radical (unpaired) electrons. The molecule has 60 valence electrons. The van der Waals surface area contributed by atoms with Gasteiger partial charge in [0.25, 0.3) is 0 Å². The number of hydrogen-bond acceptors (Lipinski definition) is 2. The van der Waals surface area contributed by atoms with Gasteiger partial charge in [-0.05, 0) is 18.8 Å². The summed E-state index contributed by atoms with van der Waals surface area (Å²) in [5, 5.41) is 6.91. The topological polar surface area (TPSA) is 41.6 Å². The summed E-state index contributed by atoms with van der Waals surface area (Å²) in [6.45, 7) is 4.48. The number of H-pyrrole nitrogens is 1. The normalized spacial score (nSPS) is 20.6. The smallest absolute Gasteiger partial charge is 0.156 e. The number of hydrogen-bond donors (Lipinski definition) is 1. The van der Waals surface area contributed by atoms with Crippen LogP contribution in [0.4, 0.5) is 0 Å². The monoisotopic (exact) mass is 151 g/mol. The summed E-state index contributed by atoms with van der Waals surface area (Å²) in [6.07, 6.45) is 4.17. The number of nitrogens with zero attached hydrogens (tertiary/aromatic N) is 2. The van der Waals surface area contributed by atoms with Gasteiger partial charge in [-0.3, -0.25) is 5.10 Å². The number of nitrogens with one attached hydrogen (secondary N) is 1. The van der Waals surface area contributed by atoms with Crippen LogP contribution in [0.2, 0.25) is 0 Å². The zero-order chi connectivity index (χ0) is 7.90. The molecule has 1 heterocycles. The van der Waals surface area contributed by atoms with Crippen LogP contribution in [0.1, 0.15) is 32.5 Å². The number of aromatic amines is 1. The van der Waals surface area contributed by atoms with Crippen molar-refractivity contribution in [1.82, 2.24) is 15.2 Å². The van der Waals surface area contributed by atoms with Crippen LogP contribution in [0.3, 0.4) is 0 Å². The summed E-state index contributed by atoms with van der Waals surface area (Å²) in [6, 6.07) is 0. The number of rotatable bonds is 2. The Morgan fingerprint density at radius 3 is 2.64 bits per heavy atom. The molecule has 0 spiro atoms. The van der Waals surface area contributed by atoms with Crippen LogP contribution in [0.5, 0.6) is 0 Å². The fourth-order valence-corrected chi connectivity index (χ4v) is 1.64. The van der Waals surface area contributed by atoms with Crippen molar-refractivity contribution >= 4 is 0 Å². The van der Waals surface area contributed by atoms with Crippen molar-refractivity contribution in [2.45, 2.75) is 32.1 Å². The van der Waals surface area contributed by atoms with Crippen molar-refractivity contribution in [3.63, 3.8) is 0 Å². The second kappa shape index (κ2) is 2.06. The third-order valence-corrected chi connectivity index (χ3v) is 2.75. The lowest BCUT2D eigenvalue weighted by molar-refractivity contribution is 0.458. The fraction of sp³-hybridized carbons (Fsp3) is 0.750. The Morgan fingerprint density at radius 1 is 1.55 bits per heavy atom. The van der Waals surface area contributed by atoms with E-state index in [2.05, 4.69) is 29.0 Å². The quantitative estimate of drug-likeness (QED) is 0.695. The summed E-state index contributed by atoms with van der Waals surface area (Å²) in [4.78, 5) is 4.20. The molecule has 0 bridgehead atoms. The van der Waals surface area contributed by atoms with Gasteiger partial charge in [0.2, 0.25) is 0 Å². The standard InChI is InChI=1S/C8H13N3/c1-6(2)8(3-4-8)7-9-5-10-11-7/h5-6H,3-4H2,1-2H3,(H,9,10,11). The third-order valence-electron chi connectivity index (χ3n) is 2.75. The highest BCUT2D eigenvalue weighted by Gasteiger charge is 2.49. The van der Waals surface area contributed by atoms with E-state index in [1.54, 1.807) is 6.33 Å². The summed E-state index contributed by atoms with van der Waals surface area (Å²) >= 11 is 0. The molecule has 1 aromatic heterocycles. The van der Waals surface area contributed by atoms with E-state index in [-0.39, 0.29) is 0 Å². The average molecular weight is 151 g/mol. The minimum atomic E-state index is 0.319.